The summed E-state index contributed by atoms with van der Waals surface area (Å²) in [5, 5.41) is 4.53. The Morgan fingerprint density at radius 2 is 2.32 bits per heavy atom. The van der Waals surface area contributed by atoms with Crippen molar-refractivity contribution in [1.29, 1.82) is 0 Å². The van der Waals surface area contributed by atoms with Crippen LogP contribution in [0.25, 0.3) is 0 Å². The number of aromatic nitrogens is 2. The minimum Gasteiger partial charge on any atom is -0.394 e. The van der Waals surface area contributed by atoms with E-state index < -0.39 is 0 Å². The van der Waals surface area contributed by atoms with Crippen LogP contribution in [0.4, 0.5) is 11.5 Å². The second kappa shape index (κ2) is 6.28. The van der Waals surface area contributed by atoms with Crippen LogP contribution >= 0.6 is 0 Å². The van der Waals surface area contributed by atoms with Crippen LogP contribution in [0.3, 0.4) is 0 Å². The smallest absolute Gasteiger partial charge is 0.150 e. The van der Waals surface area contributed by atoms with E-state index in [0.29, 0.717) is 5.92 Å². The monoisotopic (exact) mass is 266 g/mol. The summed E-state index contributed by atoms with van der Waals surface area (Å²) in [6, 6.07) is 0. The maximum atomic E-state index is 6.18. The fourth-order valence-electron chi connectivity index (χ4n) is 2.78. The van der Waals surface area contributed by atoms with Gasteiger partial charge in [-0.2, -0.15) is 5.10 Å². The molecule has 1 unspecified atom stereocenters. The largest absolute Gasteiger partial charge is 0.394 e. The predicted molar refractivity (Wildman–Crippen MR) is 78.5 cm³/mol. The van der Waals surface area contributed by atoms with Gasteiger partial charge in [-0.25, -0.2) is 4.68 Å². The molecule has 1 aliphatic rings. The number of aryl methyl sites for hydroxylation is 2. The molecule has 2 N–H and O–H groups in total. The molecule has 19 heavy (non-hydrogen) atoms. The Hall–Kier alpha value is -1.23. The van der Waals surface area contributed by atoms with Gasteiger partial charge in [0.1, 0.15) is 5.82 Å². The molecule has 108 valence electrons. The van der Waals surface area contributed by atoms with Crippen molar-refractivity contribution in [3.05, 3.63) is 5.69 Å². The maximum Gasteiger partial charge on any atom is 0.150 e. The van der Waals surface area contributed by atoms with Gasteiger partial charge in [0.25, 0.3) is 0 Å². The molecule has 5 nitrogen and oxygen atoms in total. The summed E-state index contributed by atoms with van der Waals surface area (Å²) < 4.78 is 7.59. The SMILES string of the molecule is CCCn1nc(C)c(N)c1N(C)CC1CCCOC1. The molecule has 2 heterocycles. The van der Waals surface area contributed by atoms with E-state index in [9.17, 15) is 0 Å². The first kappa shape index (κ1) is 14.2. The van der Waals surface area contributed by atoms with E-state index in [1.807, 2.05) is 11.6 Å². The molecule has 1 aromatic rings. The number of anilines is 2. The average molecular weight is 266 g/mol. The highest BCUT2D eigenvalue weighted by atomic mass is 16.5. The van der Waals surface area contributed by atoms with Crippen molar-refractivity contribution >= 4 is 11.5 Å². The van der Waals surface area contributed by atoms with E-state index in [1.54, 1.807) is 0 Å². The lowest BCUT2D eigenvalue weighted by atomic mass is 10.0. The van der Waals surface area contributed by atoms with Gasteiger partial charge in [0, 0.05) is 26.7 Å². The summed E-state index contributed by atoms with van der Waals surface area (Å²) in [6.45, 7) is 7.81. The van der Waals surface area contributed by atoms with Crippen molar-refractivity contribution in [2.75, 3.05) is 37.4 Å². The topological polar surface area (TPSA) is 56.3 Å². The molecule has 0 aliphatic carbocycles. The predicted octanol–water partition coefficient (Wildman–Crippen LogP) is 2.05. The van der Waals surface area contributed by atoms with Gasteiger partial charge in [-0.15, -0.1) is 0 Å². The van der Waals surface area contributed by atoms with Gasteiger partial charge < -0.3 is 15.4 Å². The van der Waals surface area contributed by atoms with Gasteiger partial charge >= 0.3 is 0 Å². The number of ether oxygens (including phenoxy) is 1. The van der Waals surface area contributed by atoms with Gasteiger partial charge in [-0.05, 0) is 32.1 Å². The standard InChI is InChI=1S/C14H26N4O/c1-4-7-18-14(13(15)11(2)16-18)17(3)9-12-6-5-8-19-10-12/h12H,4-10,15H2,1-3H3. The number of nitrogens with zero attached hydrogens (tertiary/aromatic N) is 3. The van der Waals surface area contributed by atoms with Crippen LogP contribution in [0, 0.1) is 12.8 Å². The molecule has 0 amide bonds. The van der Waals surface area contributed by atoms with E-state index >= 15 is 0 Å². The molecule has 1 aliphatic heterocycles. The Labute approximate surface area is 115 Å². The maximum absolute atomic E-state index is 6.18. The molecular weight excluding hydrogens is 240 g/mol. The molecule has 2 rings (SSSR count). The van der Waals surface area contributed by atoms with Crippen molar-refractivity contribution < 1.29 is 4.74 Å². The highest BCUT2D eigenvalue weighted by Gasteiger charge is 2.21. The Morgan fingerprint density at radius 1 is 1.53 bits per heavy atom. The number of hydrogen-bond acceptors (Lipinski definition) is 4. The lowest BCUT2D eigenvalue weighted by Crippen LogP contribution is -2.32. The van der Waals surface area contributed by atoms with Gasteiger partial charge in [0.05, 0.1) is 18.0 Å². The molecule has 1 aromatic heterocycles. The summed E-state index contributed by atoms with van der Waals surface area (Å²) >= 11 is 0. The molecular formula is C14H26N4O. The summed E-state index contributed by atoms with van der Waals surface area (Å²) in [6.07, 6.45) is 3.47. The van der Waals surface area contributed by atoms with E-state index in [0.717, 1.165) is 49.9 Å². The Bertz CT molecular complexity index is 410. The normalized spacial score (nSPS) is 19.6. The molecule has 1 fully saturated rings. The quantitative estimate of drug-likeness (QED) is 0.886. The first-order chi connectivity index (χ1) is 9.13. The first-order valence-corrected chi connectivity index (χ1v) is 7.25. The van der Waals surface area contributed by atoms with Crippen molar-refractivity contribution in [2.24, 2.45) is 5.92 Å². The number of rotatable bonds is 5. The van der Waals surface area contributed by atoms with Crippen molar-refractivity contribution in [1.82, 2.24) is 9.78 Å². The van der Waals surface area contributed by atoms with Crippen LogP contribution in [0.5, 0.6) is 0 Å². The van der Waals surface area contributed by atoms with Crippen LogP contribution in [-0.2, 0) is 11.3 Å². The first-order valence-electron chi connectivity index (χ1n) is 7.25. The zero-order valence-electron chi connectivity index (χ0n) is 12.4. The molecule has 5 heteroatoms. The third-order valence-electron chi connectivity index (χ3n) is 3.73. The molecule has 0 saturated carbocycles. The minimum absolute atomic E-state index is 0.600. The van der Waals surface area contributed by atoms with Crippen LogP contribution < -0.4 is 10.6 Å². The van der Waals surface area contributed by atoms with Crippen LogP contribution in [-0.4, -0.2) is 36.6 Å². The van der Waals surface area contributed by atoms with Gasteiger partial charge in [-0.3, -0.25) is 0 Å². The van der Waals surface area contributed by atoms with Crippen molar-refractivity contribution in [2.45, 2.75) is 39.7 Å². The molecule has 0 spiro atoms. The minimum atomic E-state index is 0.600. The Morgan fingerprint density at radius 3 is 2.95 bits per heavy atom. The zero-order chi connectivity index (χ0) is 13.8. The summed E-state index contributed by atoms with van der Waals surface area (Å²) in [7, 11) is 2.10. The fraction of sp³-hybridized carbons (Fsp3) is 0.786. The van der Waals surface area contributed by atoms with Crippen LogP contribution in [0.1, 0.15) is 31.9 Å². The van der Waals surface area contributed by atoms with Crippen molar-refractivity contribution in [3.8, 4) is 0 Å². The average Bonchev–Trinajstić information content (AvgIpc) is 2.66. The van der Waals surface area contributed by atoms with E-state index in [4.69, 9.17) is 10.5 Å². The third kappa shape index (κ3) is 3.21. The van der Waals surface area contributed by atoms with Gasteiger partial charge in [0.2, 0.25) is 0 Å². The highest BCUT2D eigenvalue weighted by molar-refractivity contribution is 5.65. The lowest BCUT2D eigenvalue weighted by molar-refractivity contribution is 0.0575. The van der Waals surface area contributed by atoms with Gasteiger partial charge in [-0.1, -0.05) is 6.92 Å². The summed E-state index contributed by atoms with van der Waals surface area (Å²) in [5.74, 6) is 1.66. The Kier molecular flexibility index (Phi) is 4.69. The van der Waals surface area contributed by atoms with E-state index in [-0.39, 0.29) is 0 Å². The molecule has 0 aromatic carbocycles. The fourth-order valence-corrected chi connectivity index (χ4v) is 2.78. The zero-order valence-corrected chi connectivity index (χ0v) is 12.4. The van der Waals surface area contributed by atoms with E-state index in [1.165, 1.54) is 12.8 Å². The molecule has 1 saturated heterocycles. The van der Waals surface area contributed by atoms with E-state index in [2.05, 4.69) is 24.0 Å². The van der Waals surface area contributed by atoms with Crippen molar-refractivity contribution in [3.63, 3.8) is 0 Å². The molecule has 0 radical (unpaired) electrons. The number of hydrogen-bond donors (Lipinski definition) is 1. The van der Waals surface area contributed by atoms with Crippen LogP contribution in [0.2, 0.25) is 0 Å². The molecule has 1 atom stereocenters. The summed E-state index contributed by atoms with van der Waals surface area (Å²) in [5.41, 5.74) is 7.92. The number of nitrogen functional groups attached to an aromatic ring is 1. The third-order valence-corrected chi connectivity index (χ3v) is 3.73. The van der Waals surface area contributed by atoms with Gasteiger partial charge in [0.15, 0.2) is 0 Å². The second-order valence-corrected chi connectivity index (χ2v) is 5.51. The Balaban J connectivity index is 2.10. The second-order valence-electron chi connectivity index (χ2n) is 5.51. The highest BCUT2D eigenvalue weighted by Crippen LogP contribution is 2.27. The number of nitrogens with two attached hydrogens (primary N) is 1. The summed E-state index contributed by atoms with van der Waals surface area (Å²) in [4.78, 5) is 2.24. The van der Waals surface area contributed by atoms with Crippen LogP contribution in [0.15, 0.2) is 0 Å². The lowest BCUT2D eigenvalue weighted by Gasteiger charge is -2.28. The molecule has 0 bridgehead atoms.